The van der Waals surface area contributed by atoms with Crippen LogP contribution in [0.4, 0.5) is 0 Å². The van der Waals surface area contributed by atoms with E-state index in [1.54, 1.807) is 0 Å². The zero-order chi connectivity index (χ0) is 44.7. The van der Waals surface area contributed by atoms with Gasteiger partial charge in [0.15, 0.2) is 6.10 Å². The van der Waals surface area contributed by atoms with Crippen LogP contribution in [-0.4, -0.2) is 37.2 Å². The molecule has 1 atom stereocenters. The number of hydrogen-bond donors (Lipinski definition) is 0. The lowest BCUT2D eigenvalue weighted by Gasteiger charge is -2.18. The molecular weight excluding hydrogens is 757 g/mol. The van der Waals surface area contributed by atoms with Gasteiger partial charge in [-0.15, -0.1) is 0 Å². The highest BCUT2D eigenvalue weighted by atomic mass is 16.6. The molecule has 0 radical (unpaired) electrons. The van der Waals surface area contributed by atoms with Crippen LogP contribution >= 0.6 is 0 Å². The van der Waals surface area contributed by atoms with Crippen LogP contribution in [0.3, 0.4) is 0 Å². The molecule has 0 bridgehead atoms. The van der Waals surface area contributed by atoms with Crippen LogP contribution in [0.2, 0.25) is 0 Å². The second-order valence-electron chi connectivity index (χ2n) is 19.8. The van der Waals surface area contributed by atoms with Crippen molar-refractivity contribution in [2.45, 2.75) is 310 Å². The smallest absolute Gasteiger partial charge is 0.306 e. The van der Waals surface area contributed by atoms with Gasteiger partial charge in [-0.05, 0) is 31.1 Å². The fourth-order valence-corrected chi connectivity index (χ4v) is 8.34. The number of rotatable bonds is 49. The van der Waals surface area contributed by atoms with Crippen LogP contribution in [0.15, 0.2) is 0 Å². The summed E-state index contributed by atoms with van der Waals surface area (Å²) in [4.78, 5) is 38.0. The van der Waals surface area contributed by atoms with Crippen molar-refractivity contribution in [1.82, 2.24) is 0 Å². The Hall–Kier alpha value is -1.59. The maximum absolute atomic E-state index is 12.8. The third kappa shape index (κ3) is 49.3. The van der Waals surface area contributed by atoms with E-state index in [1.807, 2.05) is 0 Å². The van der Waals surface area contributed by atoms with Gasteiger partial charge in [0.1, 0.15) is 13.2 Å². The van der Waals surface area contributed by atoms with Crippen LogP contribution in [0.1, 0.15) is 304 Å². The van der Waals surface area contributed by atoms with Crippen LogP contribution in [0, 0.1) is 11.8 Å². The average Bonchev–Trinajstić information content (AvgIpc) is 3.23. The van der Waals surface area contributed by atoms with Gasteiger partial charge in [0, 0.05) is 19.3 Å². The lowest BCUT2D eigenvalue weighted by Crippen LogP contribution is -2.30. The topological polar surface area (TPSA) is 78.9 Å². The molecular formula is C55H106O6. The van der Waals surface area contributed by atoms with Gasteiger partial charge in [0.2, 0.25) is 0 Å². The first-order valence-corrected chi connectivity index (χ1v) is 27.2. The summed E-state index contributed by atoms with van der Waals surface area (Å²) >= 11 is 0. The lowest BCUT2D eigenvalue weighted by atomic mass is 10.0. The zero-order valence-electron chi connectivity index (χ0n) is 41.8. The Morgan fingerprint density at radius 3 is 0.803 bits per heavy atom. The van der Waals surface area contributed by atoms with Gasteiger partial charge in [-0.2, -0.15) is 0 Å². The van der Waals surface area contributed by atoms with E-state index in [0.29, 0.717) is 19.3 Å². The van der Waals surface area contributed by atoms with Gasteiger partial charge in [-0.25, -0.2) is 0 Å². The molecule has 6 nitrogen and oxygen atoms in total. The fraction of sp³-hybridized carbons (Fsp3) is 0.945. The standard InChI is InChI=1S/C55H106O6/c1-6-7-8-9-10-11-25-32-37-42-47-55(58)61-52(49-60-54(57)46-41-36-31-27-22-18-20-24-29-34-39-44-51(4)5)48-59-53(56)45-40-35-30-26-21-17-15-13-12-14-16-19-23-28-33-38-43-50(2)3/h50-52H,6-49H2,1-5H3/t52-/m0/s1. The number of unbranched alkanes of at least 4 members (excludes halogenated alkanes) is 34. The van der Waals surface area contributed by atoms with Gasteiger partial charge < -0.3 is 14.2 Å². The molecule has 61 heavy (non-hydrogen) atoms. The molecule has 0 saturated heterocycles. The van der Waals surface area contributed by atoms with Crippen molar-refractivity contribution in [2.24, 2.45) is 11.8 Å². The summed E-state index contributed by atoms with van der Waals surface area (Å²) in [6.45, 7) is 11.4. The molecule has 0 aromatic heterocycles. The summed E-state index contributed by atoms with van der Waals surface area (Å²) in [5.74, 6) is 0.834. The highest BCUT2D eigenvalue weighted by molar-refractivity contribution is 5.71. The number of hydrogen-bond acceptors (Lipinski definition) is 6. The Morgan fingerprint density at radius 1 is 0.311 bits per heavy atom. The van der Waals surface area contributed by atoms with Gasteiger partial charge in [-0.3, -0.25) is 14.4 Å². The first-order chi connectivity index (χ1) is 29.7. The molecule has 0 aliphatic carbocycles. The predicted octanol–water partition coefficient (Wildman–Crippen LogP) is 17.7. The number of esters is 3. The van der Waals surface area contributed by atoms with Crippen molar-refractivity contribution in [2.75, 3.05) is 13.2 Å². The summed E-state index contributed by atoms with van der Waals surface area (Å²) in [6, 6.07) is 0. The van der Waals surface area contributed by atoms with Crippen molar-refractivity contribution >= 4 is 17.9 Å². The quantitative estimate of drug-likeness (QED) is 0.0344. The van der Waals surface area contributed by atoms with E-state index >= 15 is 0 Å². The largest absolute Gasteiger partial charge is 0.462 e. The van der Waals surface area contributed by atoms with E-state index in [1.165, 1.54) is 193 Å². The Kier molecular flexibility index (Phi) is 46.6. The third-order valence-corrected chi connectivity index (χ3v) is 12.5. The number of carbonyl (C=O) groups excluding carboxylic acids is 3. The van der Waals surface area contributed by atoms with Crippen molar-refractivity contribution in [3.8, 4) is 0 Å². The average molecular weight is 863 g/mol. The molecule has 0 unspecified atom stereocenters. The van der Waals surface area contributed by atoms with Gasteiger partial charge >= 0.3 is 17.9 Å². The summed E-state index contributed by atoms with van der Waals surface area (Å²) in [7, 11) is 0. The van der Waals surface area contributed by atoms with Crippen LogP contribution in [-0.2, 0) is 28.6 Å². The van der Waals surface area contributed by atoms with E-state index in [-0.39, 0.29) is 31.1 Å². The van der Waals surface area contributed by atoms with E-state index < -0.39 is 6.10 Å². The molecule has 0 aliphatic heterocycles. The molecule has 0 amide bonds. The second-order valence-corrected chi connectivity index (χ2v) is 19.8. The minimum absolute atomic E-state index is 0.0632. The van der Waals surface area contributed by atoms with E-state index in [4.69, 9.17) is 14.2 Å². The number of carbonyl (C=O) groups is 3. The monoisotopic (exact) mass is 863 g/mol. The zero-order valence-corrected chi connectivity index (χ0v) is 41.8. The summed E-state index contributed by atoms with van der Waals surface area (Å²) in [6.07, 6.45) is 49.5. The number of ether oxygens (including phenoxy) is 3. The Balaban J connectivity index is 4.22. The molecule has 0 rings (SSSR count). The van der Waals surface area contributed by atoms with Gasteiger partial charge in [0.05, 0.1) is 0 Å². The predicted molar refractivity (Wildman–Crippen MR) is 261 cm³/mol. The highest BCUT2D eigenvalue weighted by Gasteiger charge is 2.19. The molecule has 6 heteroatoms. The first-order valence-electron chi connectivity index (χ1n) is 27.2. The molecule has 362 valence electrons. The van der Waals surface area contributed by atoms with Crippen LogP contribution in [0.5, 0.6) is 0 Å². The Morgan fingerprint density at radius 2 is 0.541 bits per heavy atom. The normalized spacial score (nSPS) is 12.0. The molecule has 0 aromatic carbocycles. The highest BCUT2D eigenvalue weighted by Crippen LogP contribution is 2.18. The van der Waals surface area contributed by atoms with Crippen molar-refractivity contribution in [3.05, 3.63) is 0 Å². The van der Waals surface area contributed by atoms with Crippen molar-refractivity contribution < 1.29 is 28.6 Å². The molecule has 0 spiro atoms. The molecule has 0 fully saturated rings. The minimum atomic E-state index is -0.761. The molecule has 0 aromatic rings. The lowest BCUT2D eigenvalue weighted by molar-refractivity contribution is -0.167. The summed E-state index contributed by atoms with van der Waals surface area (Å²) < 4.78 is 16.8. The Bertz CT molecular complexity index is 931. The van der Waals surface area contributed by atoms with Crippen LogP contribution in [0.25, 0.3) is 0 Å². The van der Waals surface area contributed by atoms with Gasteiger partial charge in [-0.1, -0.05) is 266 Å². The van der Waals surface area contributed by atoms with Crippen LogP contribution < -0.4 is 0 Å². The van der Waals surface area contributed by atoms with E-state index in [9.17, 15) is 14.4 Å². The van der Waals surface area contributed by atoms with Gasteiger partial charge in [0.25, 0.3) is 0 Å². The second kappa shape index (κ2) is 47.9. The summed E-state index contributed by atoms with van der Waals surface area (Å²) in [5, 5.41) is 0. The molecule has 0 aliphatic rings. The summed E-state index contributed by atoms with van der Waals surface area (Å²) in [5.41, 5.74) is 0. The molecule has 0 N–H and O–H groups in total. The maximum atomic E-state index is 12.8. The molecule has 0 heterocycles. The van der Waals surface area contributed by atoms with E-state index in [2.05, 4.69) is 34.6 Å². The SMILES string of the molecule is CCCCCCCCCCCCC(=O)O[C@@H](COC(=O)CCCCCCCCCCCCCCCCCCC(C)C)COC(=O)CCCCCCCCCCCCCC(C)C. The molecule has 0 saturated carbocycles. The first kappa shape index (κ1) is 59.4. The van der Waals surface area contributed by atoms with Crippen molar-refractivity contribution in [1.29, 1.82) is 0 Å². The fourth-order valence-electron chi connectivity index (χ4n) is 8.34. The maximum Gasteiger partial charge on any atom is 0.306 e. The van der Waals surface area contributed by atoms with E-state index in [0.717, 1.165) is 69.6 Å². The minimum Gasteiger partial charge on any atom is -0.462 e. The van der Waals surface area contributed by atoms with Crippen molar-refractivity contribution in [3.63, 3.8) is 0 Å². The third-order valence-electron chi connectivity index (χ3n) is 12.5. The Labute approximate surface area is 380 Å².